The Morgan fingerprint density at radius 1 is 1.33 bits per heavy atom. The van der Waals surface area contributed by atoms with E-state index in [2.05, 4.69) is 19.2 Å². The van der Waals surface area contributed by atoms with Crippen molar-refractivity contribution in [1.29, 1.82) is 0 Å². The minimum absolute atomic E-state index is 0.0892. The van der Waals surface area contributed by atoms with Crippen molar-refractivity contribution >= 4 is 45.8 Å². The second-order valence-electron chi connectivity index (χ2n) is 4.39. The molecule has 5 heteroatoms. The van der Waals surface area contributed by atoms with Gasteiger partial charge in [-0.05, 0) is 31.0 Å². The van der Waals surface area contributed by atoms with E-state index in [-0.39, 0.29) is 5.54 Å². The number of anilines is 1. The Kier molecular flexibility index (Phi) is 4.46. The number of aliphatic imine (C=N–C) groups is 1. The van der Waals surface area contributed by atoms with E-state index in [4.69, 9.17) is 28.2 Å². The molecule has 0 saturated carbocycles. The van der Waals surface area contributed by atoms with E-state index < -0.39 is 0 Å². The summed E-state index contributed by atoms with van der Waals surface area (Å²) in [5.74, 6) is 1.04. The molecule has 18 heavy (non-hydrogen) atoms. The lowest BCUT2D eigenvalue weighted by Crippen LogP contribution is -2.24. The lowest BCUT2D eigenvalue weighted by molar-refractivity contribution is 0.456. The van der Waals surface area contributed by atoms with Crippen molar-refractivity contribution in [3.8, 4) is 0 Å². The van der Waals surface area contributed by atoms with Crippen LogP contribution in [0.1, 0.15) is 26.7 Å². The van der Waals surface area contributed by atoms with Crippen molar-refractivity contribution in [2.45, 2.75) is 32.2 Å². The quantitative estimate of drug-likeness (QED) is 0.843. The highest BCUT2D eigenvalue weighted by molar-refractivity contribution is 8.14. The highest BCUT2D eigenvalue weighted by Gasteiger charge is 2.32. The second-order valence-corrected chi connectivity index (χ2v) is 6.19. The summed E-state index contributed by atoms with van der Waals surface area (Å²) < 4.78 is 0. The Labute approximate surface area is 122 Å². The van der Waals surface area contributed by atoms with Gasteiger partial charge in [0.1, 0.15) is 0 Å². The zero-order valence-electron chi connectivity index (χ0n) is 10.5. The number of rotatable bonds is 3. The van der Waals surface area contributed by atoms with Crippen molar-refractivity contribution in [2.75, 3.05) is 11.1 Å². The van der Waals surface area contributed by atoms with Crippen molar-refractivity contribution in [2.24, 2.45) is 4.99 Å². The molecule has 0 amide bonds. The van der Waals surface area contributed by atoms with Gasteiger partial charge in [0.2, 0.25) is 0 Å². The molecule has 1 aliphatic heterocycles. The molecule has 0 radical (unpaired) electrons. The molecular weight excluding hydrogens is 287 g/mol. The fraction of sp³-hybridized carbons (Fsp3) is 0.462. The number of halogens is 2. The summed E-state index contributed by atoms with van der Waals surface area (Å²) in [7, 11) is 0. The van der Waals surface area contributed by atoms with Gasteiger partial charge in [0, 0.05) is 10.8 Å². The van der Waals surface area contributed by atoms with Gasteiger partial charge in [-0.3, -0.25) is 4.99 Å². The predicted molar refractivity (Wildman–Crippen MR) is 83.3 cm³/mol. The molecule has 0 atom stereocenters. The smallest absolute Gasteiger partial charge is 0.161 e. The van der Waals surface area contributed by atoms with E-state index in [1.165, 1.54) is 0 Å². The van der Waals surface area contributed by atoms with Gasteiger partial charge in [-0.1, -0.05) is 48.8 Å². The molecule has 2 nitrogen and oxygen atoms in total. The van der Waals surface area contributed by atoms with Crippen LogP contribution in [0.2, 0.25) is 10.0 Å². The number of nitrogens with one attached hydrogen (secondary N) is 1. The first-order valence-electron chi connectivity index (χ1n) is 6.03. The summed E-state index contributed by atoms with van der Waals surface area (Å²) in [6.07, 6.45) is 2.13. The number of benzene rings is 1. The molecule has 0 aromatic heterocycles. The number of hydrogen-bond acceptors (Lipinski definition) is 3. The number of hydrogen-bond donors (Lipinski definition) is 1. The fourth-order valence-electron chi connectivity index (χ4n) is 1.86. The molecule has 0 fully saturated rings. The van der Waals surface area contributed by atoms with E-state index >= 15 is 0 Å². The Balaban J connectivity index is 2.15. The average Bonchev–Trinajstić information content (AvgIpc) is 2.77. The zero-order chi connectivity index (χ0) is 13.2. The normalized spacial score (nSPS) is 17.7. The first-order valence-corrected chi connectivity index (χ1v) is 7.77. The number of thioether (sulfide) groups is 1. The van der Waals surface area contributed by atoms with Gasteiger partial charge in [0.15, 0.2) is 5.17 Å². The maximum atomic E-state index is 6.14. The molecule has 0 aliphatic carbocycles. The first kappa shape index (κ1) is 14.0. The third-order valence-corrected chi connectivity index (χ3v) is 5.00. The number of nitrogens with zero attached hydrogens (tertiary/aromatic N) is 1. The Bertz CT molecular complexity index is 470. The Hall–Kier alpha value is -0.380. The second kappa shape index (κ2) is 5.72. The van der Waals surface area contributed by atoms with E-state index in [9.17, 15) is 0 Å². The maximum absolute atomic E-state index is 6.14. The molecule has 1 N–H and O–H groups in total. The first-order chi connectivity index (χ1) is 8.58. The highest BCUT2D eigenvalue weighted by Crippen LogP contribution is 2.35. The summed E-state index contributed by atoms with van der Waals surface area (Å²) in [6, 6.07) is 5.44. The molecule has 98 valence electrons. The van der Waals surface area contributed by atoms with Crippen LogP contribution in [0.15, 0.2) is 23.2 Å². The topological polar surface area (TPSA) is 24.4 Å². The van der Waals surface area contributed by atoms with Crippen molar-refractivity contribution < 1.29 is 0 Å². The minimum atomic E-state index is 0.0892. The summed E-state index contributed by atoms with van der Waals surface area (Å²) >= 11 is 13.8. The Morgan fingerprint density at radius 3 is 2.61 bits per heavy atom. The van der Waals surface area contributed by atoms with Crippen LogP contribution in [0.3, 0.4) is 0 Å². The van der Waals surface area contributed by atoms with E-state index in [1.54, 1.807) is 17.8 Å². The third kappa shape index (κ3) is 2.95. The van der Waals surface area contributed by atoms with Crippen LogP contribution in [-0.4, -0.2) is 16.5 Å². The van der Waals surface area contributed by atoms with Crippen LogP contribution in [0.5, 0.6) is 0 Å². The summed E-state index contributed by atoms with van der Waals surface area (Å²) in [6.45, 7) is 4.37. The minimum Gasteiger partial charge on any atom is -0.334 e. The standard InChI is InChI=1S/C13H16Cl2N2S/c1-3-13(4-2)8-18-12(17-13)16-11-6-5-9(14)7-10(11)15/h5-7H,3-4,8H2,1-2H3,(H,16,17). The SMILES string of the molecule is CCC1(CC)CSC(Nc2ccc(Cl)cc2Cl)=N1. The van der Waals surface area contributed by atoms with Crippen molar-refractivity contribution in [1.82, 2.24) is 0 Å². The summed E-state index contributed by atoms with van der Waals surface area (Å²) in [5.41, 5.74) is 0.946. The maximum Gasteiger partial charge on any atom is 0.161 e. The molecule has 1 heterocycles. The van der Waals surface area contributed by atoms with Gasteiger partial charge in [0.05, 0.1) is 16.2 Å². The van der Waals surface area contributed by atoms with E-state index in [0.717, 1.165) is 29.4 Å². The Morgan fingerprint density at radius 2 is 2.06 bits per heavy atom. The van der Waals surface area contributed by atoms with Crippen LogP contribution in [-0.2, 0) is 0 Å². The molecular formula is C13H16Cl2N2S. The molecule has 0 unspecified atom stereocenters. The lowest BCUT2D eigenvalue weighted by atomic mass is 9.97. The molecule has 1 aromatic carbocycles. The van der Waals surface area contributed by atoms with E-state index in [0.29, 0.717) is 10.0 Å². The van der Waals surface area contributed by atoms with Crippen LogP contribution >= 0.6 is 35.0 Å². The van der Waals surface area contributed by atoms with Gasteiger partial charge >= 0.3 is 0 Å². The van der Waals surface area contributed by atoms with Crippen molar-refractivity contribution in [3.63, 3.8) is 0 Å². The molecule has 1 aliphatic rings. The fourth-order valence-corrected chi connectivity index (χ4v) is 3.64. The van der Waals surface area contributed by atoms with Crippen LogP contribution in [0, 0.1) is 0 Å². The predicted octanol–water partition coefficient (Wildman–Crippen LogP) is 5.07. The third-order valence-electron chi connectivity index (χ3n) is 3.31. The monoisotopic (exact) mass is 302 g/mol. The molecule has 2 rings (SSSR count). The number of amidine groups is 1. The van der Waals surface area contributed by atoms with Crippen LogP contribution in [0.25, 0.3) is 0 Å². The van der Waals surface area contributed by atoms with Crippen molar-refractivity contribution in [3.05, 3.63) is 28.2 Å². The van der Waals surface area contributed by atoms with Crippen LogP contribution in [0.4, 0.5) is 5.69 Å². The van der Waals surface area contributed by atoms with Gasteiger partial charge in [-0.2, -0.15) is 0 Å². The van der Waals surface area contributed by atoms with Gasteiger partial charge in [-0.15, -0.1) is 0 Å². The molecule has 0 bridgehead atoms. The molecule has 0 saturated heterocycles. The molecule has 0 spiro atoms. The summed E-state index contributed by atoms with van der Waals surface area (Å²) in [5, 5.41) is 5.49. The summed E-state index contributed by atoms with van der Waals surface area (Å²) in [4.78, 5) is 4.79. The molecule has 1 aromatic rings. The lowest BCUT2D eigenvalue weighted by Gasteiger charge is -2.20. The highest BCUT2D eigenvalue weighted by atomic mass is 35.5. The zero-order valence-corrected chi connectivity index (χ0v) is 12.8. The van der Waals surface area contributed by atoms with Gasteiger partial charge in [-0.25, -0.2) is 0 Å². The van der Waals surface area contributed by atoms with Gasteiger partial charge < -0.3 is 5.32 Å². The largest absolute Gasteiger partial charge is 0.334 e. The van der Waals surface area contributed by atoms with E-state index in [1.807, 2.05) is 12.1 Å². The van der Waals surface area contributed by atoms with Crippen LogP contribution < -0.4 is 5.32 Å². The van der Waals surface area contributed by atoms with Gasteiger partial charge in [0.25, 0.3) is 0 Å². The average molecular weight is 303 g/mol.